The van der Waals surface area contributed by atoms with E-state index in [9.17, 15) is 0 Å². The Hall–Kier alpha value is -0.970. The monoisotopic (exact) mass is 221 g/mol. The number of methoxy groups -OCH3 is 1. The summed E-state index contributed by atoms with van der Waals surface area (Å²) >= 11 is 0. The molecular weight excluding hydrogens is 202 g/mol. The third kappa shape index (κ3) is 2.40. The standard InChI is InChI=1S/C12H19N3O/c1-16-11-4-6-15(9-11)12(7-13)10-3-2-5-14-8-10/h2-3,5,8,11-12H,4,6-7,9,13H2,1H3. The summed E-state index contributed by atoms with van der Waals surface area (Å²) in [5, 5.41) is 0. The Morgan fingerprint density at radius 1 is 1.69 bits per heavy atom. The van der Waals surface area contributed by atoms with Gasteiger partial charge in [-0.2, -0.15) is 0 Å². The fourth-order valence-corrected chi connectivity index (χ4v) is 2.30. The molecule has 2 N–H and O–H groups in total. The van der Waals surface area contributed by atoms with Crippen LogP contribution in [0.15, 0.2) is 24.5 Å². The highest BCUT2D eigenvalue weighted by molar-refractivity contribution is 5.15. The Bertz CT molecular complexity index is 317. The zero-order valence-corrected chi connectivity index (χ0v) is 9.67. The van der Waals surface area contributed by atoms with Crippen molar-refractivity contribution in [3.63, 3.8) is 0 Å². The first-order valence-electron chi connectivity index (χ1n) is 5.72. The molecule has 1 aromatic heterocycles. The van der Waals surface area contributed by atoms with Crippen molar-refractivity contribution in [1.29, 1.82) is 0 Å². The van der Waals surface area contributed by atoms with Crippen molar-refractivity contribution in [1.82, 2.24) is 9.88 Å². The molecule has 2 rings (SSSR count). The van der Waals surface area contributed by atoms with Gasteiger partial charge in [0.05, 0.1) is 6.10 Å². The summed E-state index contributed by atoms with van der Waals surface area (Å²) in [6.45, 7) is 2.64. The first kappa shape index (κ1) is 11.5. The smallest absolute Gasteiger partial charge is 0.0710 e. The van der Waals surface area contributed by atoms with Gasteiger partial charge in [-0.25, -0.2) is 0 Å². The first-order valence-corrected chi connectivity index (χ1v) is 5.72. The Kier molecular flexibility index (Phi) is 3.88. The zero-order valence-electron chi connectivity index (χ0n) is 9.67. The van der Waals surface area contributed by atoms with E-state index in [-0.39, 0.29) is 6.04 Å². The van der Waals surface area contributed by atoms with E-state index in [1.54, 1.807) is 13.3 Å². The fraction of sp³-hybridized carbons (Fsp3) is 0.583. The molecule has 1 saturated heterocycles. The molecule has 1 aliphatic heterocycles. The van der Waals surface area contributed by atoms with E-state index in [2.05, 4.69) is 16.0 Å². The lowest BCUT2D eigenvalue weighted by molar-refractivity contribution is 0.101. The molecule has 4 nitrogen and oxygen atoms in total. The second kappa shape index (κ2) is 5.39. The maximum absolute atomic E-state index is 5.86. The molecule has 88 valence electrons. The number of likely N-dealkylation sites (tertiary alicyclic amines) is 1. The molecule has 1 aromatic rings. The third-order valence-corrected chi connectivity index (χ3v) is 3.24. The minimum atomic E-state index is 0.272. The minimum absolute atomic E-state index is 0.272. The molecule has 4 heteroatoms. The van der Waals surface area contributed by atoms with E-state index in [0.717, 1.165) is 19.5 Å². The van der Waals surface area contributed by atoms with Crippen molar-refractivity contribution in [2.45, 2.75) is 18.6 Å². The summed E-state index contributed by atoms with van der Waals surface area (Å²) in [6.07, 6.45) is 5.13. The molecule has 0 aliphatic carbocycles. The maximum atomic E-state index is 5.86. The van der Waals surface area contributed by atoms with Gasteiger partial charge in [0, 0.05) is 45.2 Å². The molecule has 16 heavy (non-hydrogen) atoms. The summed E-state index contributed by atoms with van der Waals surface area (Å²) in [6, 6.07) is 4.32. The van der Waals surface area contributed by atoms with Crippen LogP contribution in [0.5, 0.6) is 0 Å². The van der Waals surface area contributed by atoms with Crippen LogP contribution in [0.1, 0.15) is 18.0 Å². The topological polar surface area (TPSA) is 51.4 Å². The number of hydrogen-bond acceptors (Lipinski definition) is 4. The largest absolute Gasteiger partial charge is 0.380 e. The van der Waals surface area contributed by atoms with Crippen molar-refractivity contribution in [2.75, 3.05) is 26.7 Å². The Labute approximate surface area is 96.4 Å². The fourth-order valence-electron chi connectivity index (χ4n) is 2.30. The predicted octanol–water partition coefficient (Wildman–Crippen LogP) is 0.802. The Balaban J connectivity index is 2.06. The molecule has 0 amide bonds. The van der Waals surface area contributed by atoms with Crippen LogP contribution in [0.3, 0.4) is 0 Å². The van der Waals surface area contributed by atoms with Gasteiger partial charge in [0.1, 0.15) is 0 Å². The van der Waals surface area contributed by atoms with E-state index < -0.39 is 0 Å². The van der Waals surface area contributed by atoms with Crippen LogP contribution >= 0.6 is 0 Å². The summed E-state index contributed by atoms with van der Waals surface area (Å²) in [7, 11) is 1.77. The number of rotatable bonds is 4. The zero-order chi connectivity index (χ0) is 11.4. The average molecular weight is 221 g/mol. The number of ether oxygens (including phenoxy) is 1. The van der Waals surface area contributed by atoms with Gasteiger partial charge < -0.3 is 10.5 Å². The average Bonchev–Trinajstić information content (AvgIpc) is 2.80. The van der Waals surface area contributed by atoms with Crippen LogP contribution in [0, 0.1) is 0 Å². The van der Waals surface area contributed by atoms with E-state index in [1.165, 1.54) is 5.56 Å². The molecule has 2 atom stereocenters. The highest BCUT2D eigenvalue weighted by atomic mass is 16.5. The minimum Gasteiger partial charge on any atom is -0.380 e. The van der Waals surface area contributed by atoms with Gasteiger partial charge in [-0.05, 0) is 18.1 Å². The highest BCUT2D eigenvalue weighted by Crippen LogP contribution is 2.24. The molecule has 0 saturated carbocycles. The van der Waals surface area contributed by atoms with Crippen LogP contribution in [0.4, 0.5) is 0 Å². The van der Waals surface area contributed by atoms with E-state index in [0.29, 0.717) is 12.6 Å². The number of aromatic nitrogens is 1. The first-order chi connectivity index (χ1) is 7.85. The van der Waals surface area contributed by atoms with Crippen LogP contribution in [0.2, 0.25) is 0 Å². The Morgan fingerprint density at radius 2 is 2.56 bits per heavy atom. The summed E-state index contributed by atoms with van der Waals surface area (Å²) in [4.78, 5) is 6.53. The molecule has 0 radical (unpaired) electrons. The van der Waals surface area contributed by atoms with Crippen LogP contribution in [0.25, 0.3) is 0 Å². The van der Waals surface area contributed by atoms with E-state index in [1.807, 2.05) is 12.3 Å². The van der Waals surface area contributed by atoms with Crippen molar-refractivity contribution in [3.8, 4) is 0 Å². The quantitative estimate of drug-likeness (QED) is 0.817. The molecule has 0 spiro atoms. The normalized spacial score (nSPS) is 23.5. The van der Waals surface area contributed by atoms with Gasteiger partial charge in [-0.3, -0.25) is 9.88 Å². The lowest BCUT2D eigenvalue weighted by Gasteiger charge is -2.26. The molecular formula is C12H19N3O. The van der Waals surface area contributed by atoms with Gasteiger partial charge in [0.25, 0.3) is 0 Å². The number of pyridine rings is 1. The van der Waals surface area contributed by atoms with Gasteiger partial charge >= 0.3 is 0 Å². The summed E-state index contributed by atoms with van der Waals surface area (Å²) in [5.41, 5.74) is 7.06. The SMILES string of the molecule is COC1CCN(C(CN)c2cccnc2)C1. The molecule has 2 heterocycles. The maximum Gasteiger partial charge on any atom is 0.0710 e. The van der Waals surface area contributed by atoms with Crippen molar-refractivity contribution < 1.29 is 4.74 Å². The van der Waals surface area contributed by atoms with Gasteiger partial charge in [0.2, 0.25) is 0 Å². The second-order valence-electron chi connectivity index (χ2n) is 4.18. The van der Waals surface area contributed by atoms with E-state index in [4.69, 9.17) is 10.5 Å². The third-order valence-electron chi connectivity index (χ3n) is 3.24. The van der Waals surface area contributed by atoms with Crippen molar-refractivity contribution in [2.24, 2.45) is 5.73 Å². The van der Waals surface area contributed by atoms with Crippen LogP contribution < -0.4 is 5.73 Å². The molecule has 1 aliphatic rings. The van der Waals surface area contributed by atoms with Gasteiger partial charge in [-0.15, -0.1) is 0 Å². The van der Waals surface area contributed by atoms with Gasteiger partial charge in [0.15, 0.2) is 0 Å². The molecule has 0 aromatic carbocycles. The summed E-state index contributed by atoms with van der Waals surface area (Å²) in [5.74, 6) is 0. The van der Waals surface area contributed by atoms with Crippen LogP contribution in [-0.4, -0.2) is 42.7 Å². The van der Waals surface area contributed by atoms with E-state index >= 15 is 0 Å². The number of nitrogens with two attached hydrogens (primary N) is 1. The highest BCUT2D eigenvalue weighted by Gasteiger charge is 2.28. The van der Waals surface area contributed by atoms with Crippen molar-refractivity contribution in [3.05, 3.63) is 30.1 Å². The number of hydrogen-bond donors (Lipinski definition) is 1. The summed E-state index contributed by atoms with van der Waals surface area (Å²) < 4.78 is 5.37. The van der Waals surface area contributed by atoms with Gasteiger partial charge in [-0.1, -0.05) is 6.07 Å². The van der Waals surface area contributed by atoms with Crippen LogP contribution in [-0.2, 0) is 4.74 Å². The molecule has 2 unspecified atom stereocenters. The predicted molar refractivity (Wildman–Crippen MR) is 63.0 cm³/mol. The number of nitrogens with zero attached hydrogens (tertiary/aromatic N) is 2. The molecule has 0 bridgehead atoms. The molecule has 1 fully saturated rings. The van der Waals surface area contributed by atoms with Crippen molar-refractivity contribution >= 4 is 0 Å². The lowest BCUT2D eigenvalue weighted by atomic mass is 10.1. The lowest BCUT2D eigenvalue weighted by Crippen LogP contribution is -2.33. The Morgan fingerprint density at radius 3 is 3.12 bits per heavy atom. The second-order valence-corrected chi connectivity index (χ2v) is 4.18.